The zero-order chi connectivity index (χ0) is 10.8. The Morgan fingerprint density at radius 1 is 1.20 bits per heavy atom. The molecule has 0 amide bonds. The zero-order valence-corrected chi connectivity index (χ0v) is 9.73. The highest BCUT2D eigenvalue weighted by atomic mass is 16.3. The van der Waals surface area contributed by atoms with Crippen molar-refractivity contribution < 1.29 is 5.11 Å². The Morgan fingerprint density at radius 2 is 1.87 bits per heavy atom. The molecule has 3 nitrogen and oxygen atoms in total. The lowest BCUT2D eigenvalue weighted by Gasteiger charge is -2.38. The van der Waals surface area contributed by atoms with E-state index in [9.17, 15) is 5.11 Å². The minimum Gasteiger partial charge on any atom is -0.391 e. The van der Waals surface area contributed by atoms with Gasteiger partial charge in [0.25, 0.3) is 0 Å². The maximum atomic E-state index is 9.85. The molecule has 1 saturated heterocycles. The highest BCUT2D eigenvalue weighted by Crippen LogP contribution is 2.28. The summed E-state index contributed by atoms with van der Waals surface area (Å²) in [5.74, 6) is 0.694. The summed E-state index contributed by atoms with van der Waals surface area (Å²) in [7, 11) is 0. The van der Waals surface area contributed by atoms with Gasteiger partial charge in [0.2, 0.25) is 0 Å². The van der Waals surface area contributed by atoms with Crippen molar-refractivity contribution >= 4 is 0 Å². The van der Waals surface area contributed by atoms with Crippen molar-refractivity contribution in [2.75, 3.05) is 13.1 Å². The van der Waals surface area contributed by atoms with Gasteiger partial charge in [-0.25, -0.2) is 0 Å². The van der Waals surface area contributed by atoms with E-state index in [1.807, 2.05) is 0 Å². The van der Waals surface area contributed by atoms with Crippen molar-refractivity contribution in [2.24, 2.45) is 11.7 Å². The second-order valence-electron chi connectivity index (χ2n) is 5.30. The summed E-state index contributed by atoms with van der Waals surface area (Å²) in [6.07, 6.45) is 5.72. The summed E-state index contributed by atoms with van der Waals surface area (Å²) in [4.78, 5) is 2.48. The molecular formula is C12H24N2O. The number of likely N-dealkylation sites (tertiary alicyclic amines) is 1. The second-order valence-corrected chi connectivity index (χ2v) is 5.30. The predicted molar refractivity (Wildman–Crippen MR) is 61.6 cm³/mol. The molecule has 0 bridgehead atoms. The van der Waals surface area contributed by atoms with Crippen molar-refractivity contribution in [3.8, 4) is 0 Å². The van der Waals surface area contributed by atoms with E-state index in [2.05, 4.69) is 11.8 Å². The van der Waals surface area contributed by atoms with Crippen molar-refractivity contribution in [1.82, 2.24) is 4.90 Å². The minimum atomic E-state index is -0.0724. The van der Waals surface area contributed by atoms with Gasteiger partial charge in [0.1, 0.15) is 0 Å². The van der Waals surface area contributed by atoms with E-state index in [0.29, 0.717) is 18.0 Å². The van der Waals surface area contributed by atoms with Crippen molar-refractivity contribution in [3.05, 3.63) is 0 Å². The van der Waals surface area contributed by atoms with Gasteiger partial charge in [-0.05, 0) is 58.0 Å². The van der Waals surface area contributed by atoms with Gasteiger partial charge in [-0.3, -0.25) is 4.90 Å². The third-order valence-electron chi connectivity index (χ3n) is 4.23. The average Bonchev–Trinajstić information content (AvgIpc) is 2.65. The summed E-state index contributed by atoms with van der Waals surface area (Å²) >= 11 is 0. The molecule has 1 aliphatic carbocycles. The number of aliphatic hydroxyl groups is 1. The zero-order valence-electron chi connectivity index (χ0n) is 9.73. The van der Waals surface area contributed by atoms with E-state index in [-0.39, 0.29) is 6.10 Å². The molecule has 1 heterocycles. The summed E-state index contributed by atoms with van der Waals surface area (Å²) in [6.45, 7) is 4.38. The third-order valence-corrected chi connectivity index (χ3v) is 4.23. The van der Waals surface area contributed by atoms with Gasteiger partial charge in [-0.15, -0.1) is 0 Å². The van der Waals surface area contributed by atoms with Gasteiger partial charge < -0.3 is 10.8 Å². The van der Waals surface area contributed by atoms with Crippen molar-refractivity contribution in [3.63, 3.8) is 0 Å². The van der Waals surface area contributed by atoms with Crippen LogP contribution in [0.5, 0.6) is 0 Å². The largest absolute Gasteiger partial charge is 0.391 e. The van der Waals surface area contributed by atoms with Crippen molar-refractivity contribution in [2.45, 2.75) is 57.2 Å². The van der Waals surface area contributed by atoms with Crippen LogP contribution in [0.1, 0.15) is 39.0 Å². The molecular weight excluding hydrogens is 188 g/mol. The Morgan fingerprint density at radius 3 is 2.33 bits per heavy atom. The predicted octanol–water partition coefficient (Wildman–Crippen LogP) is 0.959. The smallest absolute Gasteiger partial charge is 0.0695 e. The molecule has 3 unspecified atom stereocenters. The van der Waals surface area contributed by atoms with Crippen LogP contribution in [-0.2, 0) is 0 Å². The van der Waals surface area contributed by atoms with Crippen LogP contribution in [0.3, 0.4) is 0 Å². The molecule has 0 aromatic carbocycles. The Bertz CT molecular complexity index is 200. The number of nitrogens with two attached hydrogens (primary N) is 1. The summed E-state index contributed by atoms with van der Waals surface area (Å²) in [6, 6.07) is 0.777. The van der Waals surface area contributed by atoms with Crippen LogP contribution in [0.15, 0.2) is 0 Å². The quantitative estimate of drug-likeness (QED) is 0.717. The highest BCUT2D eigenvalue weighted by Gasteiger charge is 2.33. The number of hydrogen-bond acceptors (Lipinski definition) is 3. The highest BCUT2D eigenvalue weighted by molar-refractivity contribution is 4.88. The van der Waals surface area contributed by atoms with Crippen LogP contribution in [0.25, 0.3) is 0 Å². The van der Waals surface area contributed by atoms with E-state index in [1.54, 1.807) is 0 Å². The molecule has 3 heteroatoms. The van der Waals surface area contributed by atoms with Crippen LogP contribution in [0.4, 0.5) is 0 Å². The lowest BCUT2D eigenvalue weighted by atomic mass is 9.90. The third kappa shape index (κ3) is 2.52. The van der Waals surface area contributed by atoms with Crippen LogP contribution < -0.4 is 5.73 Å². The maximum absolute atomic E-state index is 9.85. The molecule has 0 aromatic heterocycles. The SMILES string of the molecule is CC(N)C1CCN(C2CCCC2O)CC1. The van der Waals surface area contributed by atoms with Crippen LogP contribution in [0.2, 0.25) is 0 Å². The number of nitrogens with zero attached hydrogens (tertiary/aromatic N) is 1. The Balaban J connectivity index is 1.82. The molecule has 15 heavy (non-hydrogen) atoms. The second kappa shape index (κ2) is 4.81. The van der Waals surface area contributed by atoms with Gasteiger partial charge >= 0.3 is 0 Å². The fourth-order valence-corrected chi connectivity index (χ4v) is 3.12. The number of piperidine rings is 1. The molecule has 2 aliphatic rings. The monoisotopic (exact) mass is 212 g/mol. The first-order valence-corrected chi connectivity index (χ1v) is 6.36. The first-order chi connectivity index (χ1) is 7.18. The van der Waals surface area contributed by atoms with Gasteiger partial charge in [0.15, 0.2) is 0 Å². The fraction of sp³-hybridized carbons (Fsp3) is 1.00. The molecule has 88 valence electrons. The Hall–Kier alpha value is -0.120. The summed E-state index contributed by atoms with van der Waals surface area (Å²) in [5.41, 5.74) is 5.93. The summed E-state index contributed by atoms with van der Waals surface area (Å²) < 4.78 is 0. The standard InChI is InChI=1S/C12H24N2O/c1-9(13)10-5-7-14(8-6-10)11-3-2-4-12(11)15/h9-12,15H,2-8,13H2,1H3. The van der Waals surface area contributed by atoms with Gasteiger partial charge in [0.05, 0.1) is 6.10 Å². The van der Waals surface area contributed by atoms with Crippen LogP contribution in [-0.4, -0.2) is 41.3 Å². The molecule has 2 rings (SSSR count). The lowest BCUT2D eigenvalue weighted by molar-refractivity contribution is 0.0458. The number of aliphatic hydroxyl groups excluding tert-OH is 1. The van der Waals surface area contributed by atoms with Crippen LogP contribution >= 0.6 is 0 Å². The molecule has 2 fully saturated rings. The molecule has 1 saturated carbocycles. The molecule has 1 aliphatic heterocycles. The number of hydrogen-bond donors (Lipinski definition) is 2. The Kier molecular flexibility index (Phi) is 3.65. The lowest BCUT2D eigenvalue weighted by Crippen LogP contribution is -2.47. The average molecular weight is 212 g/mol. The van der Waals surface area contributed by atoms with Crippen LogP contribution in [0, 0.1) is 5.92 Å². The van der Waals surface area contributed by atoms with Crippen molar-refractivity contribution in [1.29, 1.82) is 0 Å². The molecule has 3 N–H and O–H groups in total. The van der Waals surface area contributed by atoms with E-state index >= 15 is 0 Å². The maximum Gasteiger partial charge on any atom is 0.0695 e. The molecule has 3 atom stereocenters. The van der Waals surface area contributed by atoms with Gasteiger partial charge in [-0.2, -0.15) is 0 Å². The van der Waals surface area contributed by atoms with Gasteiger partial charge in [-0.1, -0.05) is 0 Å². The van der Waals surface area contributed by atoms with E-state index in [1.165, 1.54) is 25.7 Å². The fourth-order valence-electron chi connectivity index (χ4n) is 3.12. The first-order valence-electron chi connectivity index (χ1n) is 6.36. The Labute approximate surface area is 92.6 Å². The first kappa shape index (κ1) is 11.4. The van der Waals surface area contributed by atoms with Gasteiger partial charge in [0, 0.05) is 12.1 Å². The molecule has 0 spiro atoms. The normalized spacial score (nSPS) is 37.0. The van der Waals surface area contributed by atoms with E-state index in [4.69, 9.17) is 5.73 Å². The summed E-state index contributed by atoms with van der Waals surface area (Å²) in [5, 5.41) is 9.85. The van der Waals surface area contributed by atoms with E-state index < -0.39 is 0 Å². The van der Waals surface area contributed by atoms with E-state index in [0.717, 1.165) is 19.5 Å². The number of rotatable bonds is 2. The minimum absolute atomic E-state index is 0.0724. The molecule has 0 aromatic rings. The molecule has 0 radical (unpaired) electrons. The topological polar surface area (TPSA) is 49.5 Å².